The highest BCUT2D eigenvalue weighted by Gasteiger charge is 2.43. The molecule has 182 valence electrons. The maximum atomic E-state index is 14.4. The van der Waals surface area contributed by atoms with Crippen LogP contribution < -0.4 is 10.1 Å². The van der Waals surface area contributed by atoms with E-state index < -0.39 is 17.6 Å². The smallest absolute Gasteiger partial charge is 0.230 e. The Morgan fingerprint density at radius 1 is 1.17 bits per heavy atom. The summed E-state index contributed by atoms with van der Waals surface area (Å²) in [6.45, 7) is 4.67. The predicted octanol–water partition coefficient (Wildman–Crippen LogP) is 3.66. The van der Waals surface area contributed by atoms with Crippen LogP contribution in [0.15, 0.2) is 30.7 Å². The standard InChI is InChI=1S/C25H26F2N6O2/c1-14(18-9-21(35-3)28-12-20(18)27)24(34)33-7-6-25(13-33)5-4-16-8-19(15(2)31-22(16)32-25)23-29-10-17(26)11-30-23/h8-12,14H,4-7,13H2,1-3H3,(H,31,32)/t14-,25+/m1/s1. The number of halogens is 2. The summed E-state index contributed by atoms with van der Waals surface area (Å²) in [4.78, 5) is 31.8. The first-order chi connectivity index (χ1) is 16.8. The molecule has 0 aliphatic carbocycles. The number of carbonyl (C=O) groups is 1. The Morgan fingerprint density at radius 3 is 2.69 bits per heavy atom. The van der Waals surface area contributed by atoms with Crippen LogP contribution in [0, 0.1) is 18.6 Å². The van der Waals surface area contributed by atoms with Crippen molar-refractivity contribution in [2.45, 2.75) is 44.6 Å². The van der Waals surface area contributed by atoms with Gasteiger partial charge in [0.2, 0.25) is 11.8 Å². The Kier molecular flexibility index (Phi) is 5.82. The van der Waals surface area contributed by atoms with E-state index in [0.29, 0.717) is 18.9 Å². The Balaban J connectivity index is 1.33. The molecule has 1 N–H and O–H groups in total. The fraction of sp³-hybridized carbons (Fsp3) is 0.400. The lowest BCUT2D eigenvalue weighted by Gasteiger charge is -2.36. The summed E-state index contributed by atoms with van der Waals surface area (Å²) in [6, 6.07) is 3.48. The number of hydrogen-bond acceptors (Lipinski definition) is 7. The van der Waals surface area contributed by atoms with E-state index in [1.54, 1.807) is 11.8 Å². The molecule has 35 heavy (non-hydrogen) atoms. The maximum absolute atomic E-state index is 14.4. The maximum Gasteiger partial charge on any atom is 0.230 e. The normalized spacial score (nSPS) is 19.9. The zero-order valence-electron chi connectivity index (χ0n) is 19.8. The molecule has 2 aliphatic rings. The SMILES string of the molecule is COc1cc([C@@H](C)C(=O)N2CC[C@@]3(CCc4cc(-c5ncc(F)cn5)c(C)nc4N3)C2)c(F)cn1. The van der Waals surface area contributed by atoms with Crippen molar-refractivity contribution >= 4 is 11.7 Å². The molecule has 0 radical (unpaired) electrons. The molecule has 1 amide bonds. The molecule has 1 fully saturated rings. The number of aromatic nitrogens is 4. The van der Waals surface area contributed by atoms with Gasteiger partial charge in [-0.3, -0.25) is 4.79 Å². The molecule has 10 heteroatoms. The zero-order valence-corrected chi connectivity index (χ0v) is 19.8. The molecule has 2 aliphatic heterocycles. The molecule has 5 rings (SSSR count). The second-order valence-corrected chi connectivity index (χ2v) is 9.24. The van der Waals surface area contributed by atoms with Crippen molar-refractivity contribution in [3.05, 3.63) is 59.2 Å². The molecule has 0 unspecified atom stereocenters. The minimum Gasteiger partial charge on any atom is -0.481 e. The molecule has 3 aromatic heterocycles. The first-order valence-corrected chi connectivity index (χ1v) is 11.5. The molecule has 0 aromatic carbocycles. The summed E-state index contributed by atoms with van der Waals surface area (Å²) in [5.74, 6) is -0.298. The summed E-state index contributed by atoms with van der Waals surface area (Å²) in [6.07, 6.45) is 5.75. The van der Waals surface area contributed by atoms with E-state index in [1.165, 1.54) is 13.2 Å². The van der Waals surface area contributed by atoms with Crippen LogP contribution in [0.4, 0.5) is 14.6 Å². The van der Waals surface area contributed by atoms with Crippen molar-refractivity contribution in [3.63, 3.8) is 0 Å². The summed E-state index contributed by atoms with van der Waals surface area (Å²) in [5, 5.41) is 3.58. The highest BCUT2D eigenvalue weighted by Crippen LogP contribution is 2.38. The number of methoxy groups -OCH3 is 1. The van der Waals surface area contributed by atoms with Crippen LogP contribution in [0.3, 0.4) is 0 Å². The highest BCUT2D eigenvalue weighted by atomic mass is 19.1. The van der Waals surface area contributed by atoms with Crippen LogP contribution in [-0.4, -0.2) is 56.5 Å². The first kappa shape index (κ1) is 23.1. The second kappa shape index (κ2) is 8.83. The zero-order chi connectivity index (χ0) is 24.7. The first-order valence-electron chi connectivity index (χ1n) is 11.5. The lowest BCUT2D eigenvalue weighted by molar-refractivity contribution is -0.131. The number of carbonyl (C=O) groups excluding carboxylic acids is 1. The lowest BCUT2D eigenvalue weighted by atomic mass is 9.86. The van der Waals surface area contributed by atoms with E-state index in [0.717, 1.165) is 60.5 Å². The largest absolute Gasteiger partial charge is 0.481 e. The summed E-state index contributed by atoms with van der Waals surface area (Å²) in [5.41, 5.74) is 2.53. The van der Waals surface area contributed by atoms with E-state index >= 15 is 0 Å². The number of ether oxygens (including phenoxy) is 1. The van der Waals surface area contributed by atoms with Crippen LogP contribution >= 0.6 is 0 Å². The van der Waals surface area contributed by atoms with Gasteiger partial charge in [0.1, 0.15) is 11.6 Å². The monoisotopic (exact) mass is 480 g/mol. The lowest BCUT2D eigenvalue weighted by Crippen LogP contribution is -2.46. The topological polar surface area (TPSA) is 93.1 Å². The molecule has 5 heterocycles. The third kappa shape index (κ3) is 4.28. The molecule has 3 aromatic rings. The number of pyridine rings is 2. The Hall–Kier alpha value is -3.69. The second-order valence-electron chi connectivity index (χ2n) is 9.24. The Labute approximate surface area is 201 Å². The number of nitrogens with zero attached hydrogens (tertiary/aromatic N) is 5. The van der Waals surface area contributed by atoms with Gasteiger partial charge in [-0.05, 0) is 44.7 Å². The predicted molar refractivity (Wildman–Crippen MR) is 125 cm³/mol. The van der Waals surface area contributed by atoms with Crippen molar-refractivity contribution in [2.75, 3.05) is 25.5 Å². The van der Waals surface area contributed by atoms with Gasteiger partial charge in [-0.1, -0.05) is 0 Å². The number of rotatable bonds is 4. The molecular formula is C25H26F2N6O2. The van der Waals surface area contributed by atoms with Crippen LogP contribution in [0.2, 0.25) is 0 Å². The van der Waals surface area contributed by atoms with Gasteiger partial charge in [0.25, 0.3) is 0 Å². The molecule has 8 nitrogen and oxygen atoms in total. The van der Waals surface area contributed by atoms with Crippen LogP contribution in [-0.2, 0) is 11.2 Å². The van der Waals surface area contributed by atoms with E-state index in [4.69, 9.17) is 9.72 Å². The number of fused-ring (bicyclic) bond motifs is 1. The highest BCUT2D eigenvalue weighted by molar-refractivity contribution is 5.84. The van der Waals surface area contributed by atoms with E-state index in [1.807, 2.05) is 13.0 Å². The fourth-order valence-electron chi connectivity index (χ4n) is 4.96. The quantitative estimate of drug-likeness (QED) is 0.609. The van der Waals surface area contributed by atoms with Gasteiger partial charge in [-0.15, -0.1) is 0 Å². The van der Waals surface area contributed by atoms with Crippen molar-refractivity contribution in [2.24, 2.45) is 0 Å². The van der Waals surface area contributed by atoms with Crippen molar-refractivity contribution in [3.8, 4) is 17.3 Å². The number of likely N-dealkylation sites (tertiary alicyclic amines) is 1. The van der Waals surface area contributed by atoms with Crippen LogP contribution in [0.5, 0.6) is 5.88 Å². The molecular weight excluding hydrogens is 454 g/mol. The average molecular weight is 481 g/mol. The molecule has 1 spiro atoms. The van der Waals surface area contributed by atoms with Gasteiger partial charge < -0.3 is 15.0 Å². The summed E-state index contributed by atoms with van der Waals surface area (Å²) >= 11 is 0. The average Bonchev–Trinajstić information content (AvgIpc) is 3.27. The van der Waals surface area contributed by atoms with Gasteiger partial charge in [-0.25, -0.2) is 28.7 Å². The van der Waals surface area contributed by atoms with Gasteiger partial charge >= 0.3 is 0 Å². The number of aryl methyl sites for hydroxylation is 2. The van der Waals surface area contributed by atoms with E-state index in [9.17, 15) is 13.6 Å². The van der Waals surface area contributed by atoms with Gasteiger partial charge in [-0.2, -0.15) is 0 Å². The van der Waals surface area contributed by atoms with E-state index in [2.05, 4.69) is 20.3 Å². The summed E-state index contributed by atoms with van der Waals surface area (Å²) < 4.78 is 32.7. The van der Waals surface area contributed by atoms with E-state index in [-0.39, 0.29) is 22.9 Å². The van der Waals surface area contributed by atoms with Crippen molar-refractivity contribution in [1.29, 1.82) is 0 Å². The van der Waals surface area contributed by atoms with Gasteiger partial charge in [0.15, 0.2) is 11.6 Å². The van der Waals surface area contributed by atoms with Crippen LogP contribution in [0.1, 0.15) is 42.5 Å². The fourth-order valence-corrected chi connectivity index (χ4v) is 4.96. The van der Waals surface area contributed by atoms with Gasteiger partial charge in [0, 0.05) is 30.3 Å². The third-order valence-electron chi connectivity index (χ3n) is 6.98. The Morgan fingerprint density at radius 2 is 1.94 bits per heavy atom. The number of amides is 1. The minimum atomic E-state index is -0.656. The minimum absolute atomic E-state index is 0.130. The molecule has 1 saturated heterocycles. The number of hydrogen-bond donors (Lipinski definition) is 1. The third-order valence-corrected chi connectivity index (χ3v) is 6.98. The van der Waals surface area contributed by atoms with Crippen molar-refractivity contribution in [1.82, 2.24) is 24.8 Å². The van der Waals surface area contributed by atoms with Crippen molar-refractivity contribution < 1.29 is 18.3 Å². The van der Waals surface area contributed by atoms with Gasteiger partial charge in [0.05, 0.1) is 42.9 Å². The number of nitrogens with one attached hydrogen (secondary N) is 1. The molecule has 0 saturated carbocycles. The molecule has 2 atom stereocenters. The summed E-state index contributed by atoms with van der Waals surface area (Å²) in [7, 11) is 1.46. The Bertz CT molecular complexity index is 1290. The van der Waals surface area contributed by atoms with Crippen LogP contribution in [0.25, 0.3) is 11.4 Å². The molecule has 0 bridgehead atoms. The number of anilines is 1.